The third-order valence-electron chi connectivity index (χ3n) is 3.94. The standard InChI is InChI=1S/C20H22NO3P/c1-3-23-25(22,24-4-2)15-21-14-20-18-11-7-5-9-16(18)13-17-10-6-8-12-19(17)20/h5-14H,3-4,15H2,1-2H3/b21-14+. The van der Waals surface area contributed by atoms with Crippen molar-refractivity contribution in [2.24, 2.45) is 4.99 Å². The highest BCUT2D eigenvalue weighted by molar-refractivity contribution is 7.53. The molecule has 0 heterocycles. The lowest BCUT2D eigenvalue weighted by atomic mass is 9.97. The van der Waals surface area contributed by atoms with Crippen LogP contribution in [0.3, 0.4) is 0 Å². The molecule has 0 radical (unpaired) electrons. The summed E-state index contributed by atoms with van der Waals surface area (Å²) in [5.74, 6) is 0. The van der Waals surface area contributed by atoms with Gasteiger partial charge in [0, 0.05) is 11.8 Å². The van der Waals surface area contributed by atoms with Crippen LogP contribution in [-0.2, 0) is 13.6 Å². The first-order chi connectivity index (χ1) is 12.2. The zero-order valence-corrected chi connectivity index (χ0v) is 15.4. The summed E-state index contributed by atoms with van der Waals surface area (Å²) in [6.07, 6.45) is 1.81. The Kier molecular flexibility index (Phi) is 5.64. The summed E-state index contributed by atoms with van der Waals surface area (Å²) in [5, 5.41) is 4.54. The van der Waals surface area contributed by atoms with Gasteiger partial charge in [-0.3, -0.25) is 9.56 Å². The van der Waals surface area contributed by atoms with Gasteiger partial charge in [0.05, 0.1) is 13.2 Å². The molecule has 25 heavy (non-hydrogen) atoms. The predicted molar refractivity (Wildman–Crippen MR) is 105 cm³/mol. The van der Waals surface area contributed by atoms with E-state index >= 15 is 0 Å². The topological polar surface area (TPSA) is 47.9 Å². The van der Waals surface area contributed by atoms with Crippen LogP contribution in [0.15, 0.2) is 59.6 Å². The first-order valence-electron chi connectivity index (χ1n) is 8.45. The number of hydrogen-bond donors (Lipinski definition) is 0. The third kappa shape index (κ3) is 3.98. The summed E-state index contributed by atoms with van der Waals surface area (Å²) in [6.45, 7) is 4.27. The molecule has 0 aliphatic heterocycles. The zero-order valence-electron chi connectivity index (χ0n) is 14.5. The van der Waals surface area contributed by atoms with Crippen LogP contribution in [0, 0.1) is 0 Å². The van der Waals surface area contributed by atoms with Gasteiger partial charge in [0.15, 0.2) is 0 Å². The fourth-order valence-electron chi connectivity index (χ4n) is 2.93. The number of benzene rings is 3. The molecule has 4 nitrogen and oxygen atoms in total. The van der Waals surface area contributed by atoms with E-state index in [4.69, 9.17) is 9.05 Å². The Hall–Kier alpha value is -2.00. The summed E-state index contributed by atoms with van der Waals surface area (Å²) in [4.78, 5) is 4.41. The minimum atomic E-state index is -3.17. The zero-order chi connectivity index (χ0) is 17.7. The number of fused-ring (bicyclic) bond motifs is 2. The Bertz CT molecular complexity index is 888. The van der Waals surface area contributed by atoms with Crippen LogP contribution in [0.4, 0.5) is 0 Å². The van der Waals surface area contributed by atoms with Gasteiger partial charge >= 0.3 is 7.60 Å². The van der Waals surface area contributed by atoms with Crippen LogP contribution in [0.5, 0.6) is 0 Å². The second-order valence-electron chi connectivity index (χ2n) is 5.63. The lowest BCUT2D eigenvalue weighted by molar-refractivity contribution is 0.221. The summed E-state index contributed by atoms with van der Waals surface area (Å²) in [6, 6.07) is 18.6. The Balaban J connectivity index is 2.03. The van der Waals surface area contributed by atoms with Gasteiger partial charge in [-0.2, -0.15) is 0 Å². The molecule has 0 fully saturated rings. The van der Waals surface area contributed by atoms with Crippen molar-refractivity contribution in [2.45, 2.75) is 13.8 Å². The maximum Gasteiger partial charge on any atom is 0.351 e. The molecule has 0 saturated heterocycles. The minimum Gasteiger partial charge on any atom is -0.308 e. The average molecular weight is 355 g/mol. The maximum absolute atomic E-state index is 12.6. The van der Waals surface area contributed by atoms with E-state index < -0.39 is 7.60 Å². The van der Waals surface area contributed by atoms with Gasteiger partial charge in [-0.05, 0) is 41.5 Å². The van der Waals surface area contributed by atoms with E-state index in [1.807, 2.05) is 24.3 Å². The van der Waals surface area contributed by atoms with E-state index in [2.05, 4.69) is 35.3 Å². The predicted octanol–water partition coefficient (Wildman–Crippen LogP) is 5.64. The molecule has 0 spiro atoms. The number of nitrogens with zero attached hydrogens (tertiary/aromatic N) is 1. The highest BCUT2D eigenvalue weighted by Crippen LogP contribution is 2.47. The first kappa shape index (κ1) is 17.8. The molecule has 0 saturated carbocycles. The van der Waals surface area contributed by atoms with Crippen LogP contribution in [-0.4, -0.2) is 25.7 Å². The molecule has 0 aliphatic carbocycles. The highest BCUT2D eigenvalue weighted by atomic mass is 31.2. The Morgan fingerprint density at radius 3 is 1.96 bits per heavy atom. The quantitative estimate of drug-likeness (QED) is 0.313. The summed E-state index contributed by atoms with van der Waals surface area (Å²) >= 11 is 0. The molecule has 0 aromatic heterocycles. The SMILES string of the molecule is CCOP(=O)(C/N=C/c1c2ccccc2cc2ccccc12)OCC. The van der Waals surface area contributed by atoms with Gasteiger partial charge in [-0.1, -0.05) is 48.5 Å². The van der Waals surface area contributed by atoms with Crippen LogP contribution in [0.2, 0.25) is 0 Å². The van der Waals surface area contributed by atoms with Crippen molar-refractivity contribution in [1.82, 2.24) is 0 Å². The Labute approximate surface area is 148 Å². The van der Waals surface area contributed by atoms with Crippen molar-refractivity contribution >= 4 is 35.4 Å². The fraction of sp³-hybridized carbons (Fsp3) is 0.250. The van der Waals surface area contributed by atoms with Gasteiger partial charge in [0.2, 0.25) is 0 Å². The smallest absolute Gasteiger partial charge is 0.308 e. The van der Waals surface area contributed by atoms with E-state index in [0.717, 1.165) is 27.1 Å². The van der Waals surface area contributed by atoms with Gasteiger partial charge in [0.1, 0.15) is 6.29 Å². The minimum absolute atomic E-state index is 0.0201. The van der Waals surface area contributed by atoms with Crippen molar-refractivity contribution in [3.63, 3.8) is 0 Å². The number of aliphatic imine (C=N–C) groups is 1. The van der Waals surface area contributed by atoms with E-state index in [-0.39, 0.29) is 6.29 Å². The summed E-state index contributed by atoms with van der Waals surface area (Å²) < 4.78 is 23.2. The van der Waals surface area contributed by atoms with E-state index in [1.165, 1.54) is 0 Å². The first-order valence-corrected chi connectivity index (χ1v) is 10.2. The van der Waals surface area contributed by atoms with Gasteiger partial charge in [-0.25, -0.2) is 0 Å². The molecule has 0 unspecified atom stereocenters. The van der Waals surface area contributed by atoms with E-state index in [1.54, 1.807) is 20.1 Å². The normalized spacial score (nSPS) is 12.4. The van der Waals surface area contributed by atoms with Gasteiger partial charge in [-0.15, -0.1) is 0 Å². The van der Waals surface area contributed by atoms with Crippen molar-refractivity contribution in [1.29, 1.82) is 0 Å². The number of hydrogen-bond acceptors (Lipinski definition) is 4. The highest BCUT2D eigenvalue weighted by Gasteiger charge is 2.22. The molecule has 130 valence electrons. The second kappa shape index (κ2) is 7.92. The van der Waals surface area contributed by atoms with Crippen LogP contribution in [0.25, 0.3) is 21.5 Å². The molecule has 3 rings (SSSR count). The number of rotatable bonds is 7. The molecular formula is C20H22NO3P. The largest absolute Gasteiger partial charge is 0.351 e. The molecule has 0 N–H and O–H groups in total. The van der Waals surface area contributed by atoms with Crippen molar-refractivity contribution in [3.05, 3.63) is 60.2 Å². The molecule has 0 atom stereocenters. The Morgan fingerprint density at radius 2 is 1.44 bits per heavy atom. The van der Waals surface area contributed by atoms with Crippen molar-refractivity contribution < 1.29 is 13.6 Å². The lowest BCUT2D eigenvalue weighted by Gasteiger charge is -2.14. The second-order valence-corrected chi connectivity index (χ2v) is 7.65. The van der Waals surface area contributed by atoms with Crippen LogP contribution in [0.1, 0.15) is 19.4 Å². The molecule has 3 aromatic rings. The maximum atomic E-state index is 12.6. The molecule has 5 heteroatoms. The van der Waals surface area contributed by atoms with Gasteiger partial charge in [0.25, 0.3) is 0 Å². The lowest BCUT2D eigenvalue weighted by Crippen LogP contribution is -1.99. The molecular weight excluding hydrogens is 333 g/mol. The summed E-state index contributed by atoms with van der Waals surface area (Å²) in [7, 11) is -3.17. The fourth-order valence-corrected chi connectivity index (χ4v) is 4.24. The molecule has 3 aromatic carbocycles. The van der Waals surface area contributed by atoms with E-state index in [9.17, 15) is 4.57 Å². The summed E-state index contributed by atoms with van der Waals surface area (Å²) in [5.41, 5.74) is 1.02. The van der Waals surface area contributed by atoms with Crippen LogP contribution < -0.4 is 0 Å². The Morgan fingerprint density at radius 1 is 0.920 bits per heavy atom. The van der Waals surface area contributed by atoms with Crippen molar-refractivity contribution in [2.75, 3.05) is 19.5 Å². The third-order valence-corrected chi connectivity index (χ3v) is 5.75. The van der Waals surface area contributed by atoms with E-state index in [0.29, 0.717) is 13.2 Å². The average Bonchev–Trinajstić information content (AvgIpc) is 2.61. The molecule has 0 aliphatic rings. The van der Waals surface area contributed by atoms with Gasteiger partial charge < -0.3 is 9.05 Å². The van der Waals surface area contributed by atoms with Crippen molar-refractivity contribution in [3.8, 4) is 0 Å². The van der Waals surface area contributed by atoms with Crippen LogP contribution >= 0.6 is 7.60 Å². The molecule has 0 bridgehead atoms. The molecule has 0 amide bonds. The monoisotopic (exact) mass is 355 g/mol.